The standard InChI is InChI=1S/C12H17NO/c1-8-7-9-3-4-12(5-6-12)11(13-2)10(9)14-8/h7,11,13H,3-6H2,1-2H3. The molecule has 0 amide bonds. The van der Waals surface area contributed by atoms with Gasteiger partial charge >= 0.3 is 0 Å². The molecule has 2 nitrogen and oxygen atoms in total. The van der Waals surface area contributed by atoms with Gasteiger partial charge in [-0.3, -0.25) is 0 Å². The Kier molecular flexibility index (Phi) is 1.61. The molecule has 0 aliphatic heterocycles. The summed E-state index contributed by atoms with van der Waals surface area (Å²) in [6.45, 7) is 2.05. The normalized spacial score (nSPS) is 27.7. The van der Waals surface area contributed by atoms with Gasteiger partial charge in [0.2, 0.25) is 0 Å². The number of hydrogen-bond acceptors (Lipinski definition) is 2. The summed E-state index contributed by atoms with van der Waals surface area (Å²) in [5, 5.41) is 3.43. The average molecular weight is 191 g/mol. The SMILES string of the molecule is CNC1c2oc(C)cc2CCC12CC2. The first-order valence-electron chi connectivity index (χ1n) is 5.52. The molecule has 1 heterocycles. The smallest absolute Gasteiger partial charge is 0.124 e. The van der Waals surface area contributed by atoms with Crippen LogP contribution in [0.3, 0.4) is 0 Å². The van der Waals surface area contributed by atoms with Gasteiger partial charge in [-0.1, -0.05) is 0 Å². The highest BCUT2D eigenvalue weighted by Crippen LogP contribution is 2.60. The third-order valence-electron chi connectivity index (χ3n) is 3.91. The zero-order valence-corrected chi connectivity index (χ0v) is 8.89. The van der Waals surface area contributed by atoms with Crippen molar-refractivity contribution in [2.45, 2.75) is 38.6 Å². The molecule has 0 radical (unpaired) electrons. The fourth-order valence-corrected chi connectivity index (χ4v) is 2.97. The summed E-state index contributed by atoms with van der Waals surface area (Å²) in [6, 6.07) is 2.68. The maximum atomic E-state index is 5.82. The van der Waals surface area contributed by atoms with Crippen LogP contribution in [-0.2, 0) is 6.42 Å². The largest absolute Gasteiger partial charge is 0.464 e. The highest BCUT2D eigenvalue weighted by Gasteiger charge is 2.52. The molecule has 0 bridgehead atoms. The second-order valence-corrected chi connectivity index (χ2v) is 4.83. The Morgan fingerprint density at radius 3 is 2.86 bits per heavy atom. The maximum absolute atomic E-state index is 5.82. The Morgan fingerprint density at radius 1 is 1.43 bits per heavy atom. The Hall–Kier alpha value is -0.760. The molecule has 0 aromatic carbocycles. The fourth-order valence-electron chi connectivity index (χ4n) is 2.97. The molecular weight excluding hydrogens is 174 g/mol. The van der Waals surface area contributed by atoms with Crippen LogP contribution < -0.4 is 5.32 Å². The van der Waals surface area contributed by atoms with E-state index in [4.69, 9.17) is 4.42 Å². The molecule has 1 N–H and O–H groups in total. The van der Waals surface area contributed by atoms with E-state index in [1.165, 1.54) is 37.0 Å². The zero-order valence-electron chi connectivity index (χ0n) is 8.89. The van der Waals surface area contributed by atoms with Crippen LogP contribution in [-0.4, -0.2) is 7.05 Å². The highest BCUT2D eigenvalue weighted by atomic mass is 16.3. The van der Waals surface area contributed by atoms with Gasteiger partial charge in [0.25, 0.3) is 0 Å². The molecular formula is C12H17NO. The Labute approximate surface area is 84.7 Å². The monoisotopic (exact) mass is 191 g/mol. The van der Waals surface area contributed by atoms with Gasteiger partial charge in [-0.2, -0.15) is 0 Å². The van der Waals surface area contributed by atoms with Gasteiger partial charge in [0.15, 0.2) is 0 Å². The second kappa shape index (κ2) is 2.63. The van der Waals surface area contributed by atoms with Gasteiger partial charge in [-0.05, 0) is 56.7 Å². The number of aryl methyl sites for hydroxylation is 2. The lowest BCUT2D eigenvalue weighted by Crippen LogP contribution is -2.30. The summed E-state index contributed by atoms with van der Waals surface area (Å²) in [5.41, 5.74) is 1.98. The summed E-state index contributed by atoms with van der Waals surface area (Å²) in [7, 11) is 2.05. The van der Waals surface area contributed by atoms with Gasteiger partial charge in [-0.15, -0.1) is 0 Å². The van der Waals surface area contributed by atoms with E-state index in [2.05, 4.69) is 18.4 Å². The van der Waals surface area contributed by atoms with Crippen LogP contribution in [0.5, 0.6) is 0 Å². The lowest BCUT2D eigenvalue weighted by atomic mass is 9.81. The topological polar surface area (TPSA) is 25.2 Å². The molecule has 3 rings (SSSR count). The molecule has 0 saturated heterocycles. The Morgan fingerprint density at radius 2 is 2.21 bits per heavy atom. The fraction of sp³-hybridized carbons (Fsp3) is 0.667. The third kappa shape index (κ3) is 1.01. The van der Waals surface area contributed by atoms with Crippen molar-refractivity contribution in [3.8, 4) is 0 Å². The van der Waals surface area contributed by atoms with Crippen molar-refractivity contribution in [3.63, 3.8) is 0 Å². The first kappa shape index (κ1) is 8.54. The predicted molar refractivity (Wildman–Crippen MR) is 55.2 cm³/mol. The van der Waals surface area contributed by atoms with E-state index >= 15 is 0 Å². The summed E-state index contributed by atoms with van der Waals surface area (Å²) in [4.78, 5) is 0. The van der Waals surface area contributed by atoms with Crippen molar-refractivity contribution in [2.24, 2.45) is 5.41 Å². The van der Waals surface area contributed by atoms with E-state index in [1.807, 2.05) is 6.92 Å². The lowest BCUT2D eigenvalue weighted by Gasteiger charge is -2.30. The highest BCUT2D eigenvalue weighted by molar-refractivity contribution is 5.31. The molecule has 2 aliphatic rings. The first-order chi connectivity index (χ1) is 6.75. The molecule has 1 aromatic rings. The number of hydrogen-bond donors (Lipinski definition) is 1. The van der Waals surface area contributed by atoms with Crippen molar-refractivity contribution in [1.82, 2.24) is 5.32 Å². The van der Waals surface area contributed by atoms with E-state index in [9.17, 15) is 0 Å². The Balaban J connectivity index is 2.05. The van der Waals surface area contributed by atoms with Crippen molar-refractivity contribution < 1.29 is 4.42 Å². The van der Waals surface area contributed by atoms with Crippen LogP contribution in [0.15, 0.2) is 10.5 Å². The van der Waals surface area contributed by atoms with E-state index < -0.39 is 0 Å². The van der Waals surface area contributed by atoms with Crippen molar-refractivity contribution in [2.75, 3.05) is 7.05 Å². The number of furan rings is 1. The van der Waals surface area contributed by atoms with Gasteiger partial charge in [-0.25, -0.2) is 0 Å². The molecule has 76 valence electrons. The van der Waals surface area contributed by atoms with Crippen molar-refractivity contribution in [1.29, 1.82) is 0 Å². The van der Waals surface area contributed by atoms with Crippen LogP contribution in [0.1, 0.15) is 42.4 Å². The summed E-state index contributed by atoms with van der Waals surface area (Å²) < 4.78 is 5.82. The van der Waals surface area contributed by atoms with E-state index in [0.717, 1.165) is 5.76 Å². The van der Waals surface area contributed by atoms with Crippen LogP contribution >= 0.6 is 0 Å². The summed E-state index contributed by atoms with van der Waals surface area (Å²) >= 11 is 0. The van der Waals surface area contributed by atoms with E-state index in [-0.39, 0.29) is 0 Å². The van der Waals surface area contributed by atoms with Gasteiger partial charge in [0, 0.05) is 0 Å². The minimum Gasteiger partial charge on any atom is -0.464 e. The van der Waals surface area contributed by atoms with Crippen molar-refractivity contribution in [3.05, 3.63) is 23.2 Å². The molecule has 14 heavy (non-hydrogen) atoms. The second-order valence-electron chi connectivity index (χ2n) is 4.83. The molecule has 1 saturated carbocycles. The average Bonchev–Trinajstić information content (AvgIpc) is 2.82. The summed E-state index contributed by atoms with van der Waals surface area (Å²) in [6.07, 6.45) is 5.30. The van der Waals surface area contributed by atoms with Crippen molar-refractivity contribution >= 4 is 0 Å². The number of rotatable bonds is 1. The van der Waals surface area contributed by atoms with Gasteiger partial charge in [0.05, 0.1) is 6.04 Å². The van der Waals surface area contributed by atoms with E-state index in [0.29, 0.717) is 11.5 Å². The summed E-state index contributed by atoms with van der Waals surface area (Å²) in [5.74, 6) is 2.28. The molecule has 1 aromatic heterocycles. The molecule has 1 atom stereocenters. The Bertz CT molecular complexity index is 362. The molecule has 1 spiro atoms. The minimum atomic E-state index is 0.472. The van der Waals surface area contributed by atoms with Gasteiger partial charge < -0.3 is 9.73 Å². The lowest BCUT2D eigenvalue weighted by molar-refractivity contribution is 0.263. The number of nitrogens with one attached hydrogen (secondary N) is 1. The zero-order chi connectivity index (χ0) is 9.76. The molecule has 2 aliphatic carbocycles. The van der Waals surface area contributed by atoms with Crippen LogP contribution in [0.4, 0.5) is 0 Å². The van der Waals surface area contributed by atoms with Crippen LogP contribution in [0.25, 0.3) is 0 Å². The van der Waals surface area contributed by atoms with Crippen LogP contribution in [0, 0.1) is 12.3 Å². The molecule has 1 fully saturated rings. The quantitative estimate of drug-likeness (QED) is 0.738. The number of fused-ring (bicyclic) bond motifs is 1. The molecule has 1 unspecified atom stereocenters. The first-order valence-corrected chi connectivity index (χ1v) is 5.52. The maximum Gasteiger partial charge on any atom is 0.124 e. The van der Waals surface area contributed by atoms with Gasteiger partial charge in [0.1, 0.15) is 11.5 Å². The van der Waals surface area contributed by atoms with Crippen LogP contribution in [0.2, 0.25) is 0 Å². The minimum absolute atomic E-state index is 0.472. The van der Waals surface area contributed by atoms with E-state index in [1.54, 1.807) is 0 Å². The molecule has 2 heteroatoms. The third-order valence-corrected chi connectivity index (χ3v) is 3.91. The predicted octanol–water partition coefficient (Wildman–Crippen LogP) is 2.57.